The molecule has 0 unspecified atom stereocenters. The number of carbonyl (C=O) groups is 2. The number of rotatable bonds is 5. The maximum Gasteiger partial charge on any atom is 0.259 e. The number of anilines is 2. The summed E-state index contributed by atoms with van der Waals surface area (Å²) in [6.45, 7) is 0.648. The Bertz CT molecular complexity index is 1650. The van der Waals surface area contributed by atoms with E-state index >= 15 is 0 Å². The number of imidazole rings is 2. The summed E-state index contributed by atoms with van der Waals surface area (Å²) in [4.78, 5) is 40.6. The number of hydrogen-bond donors (Lipinski definition) is 2. The molecular weight excluding hydrogens is 551 g/mol. The minimum atomic E-state index is -0.361. The molecule has 0 bridgehead atoms. The van der Waals surface area contributed by atoms with Crippen LogP contribution < -0.4 is 15.0 Å². The molecule has 0 atom stereocenters. The minimum Gasteiger partial charge on any atom is -0.496 e. The van der Waals surface area contributed by atoms with Gasteiger partial charge < -0.3 is 19.9 Å². The third-order valence-electron chi connectivity index (χ3n) is 6.80. The Morgan fingerprint density at radius 1 is 1.02 bits per heavy atom. The number of hydrogen-bond acceptors (Lipinski definition) is 5. The molecule has 0 saturated carbocycles. The first-order valence-corrected chi connectivity index (χ1v) is 12.5. The van der Waals surface area contributed by atoms with Gasteiger partial charge >= 0.3 is 0 Å². The van der Waals surface area contributed by atoms with Crippen molar-refractivity contribution in [3.8, 4) is 11.7 Å². The number of fused-ring (bicyclic) bond motifs is 2. The first kappa shape index (κ1) is 28.7. The van der Waals surface area contributed by atoms with Gasteiger partial charge in [0.15, 0.2) is 0 Å². The SMILES string of the molecule is COc1cc(C(=O)N2CCCCc3ccccc32)ccc1C(=O)Nc1cccc2[nH]c(-n3ccnc3)nc12.Cl.Cl. The van der Waals surface area contributed by atoms with Crippen LogP contribution in [0.5, 0.6) is 5.75 Å². The molecular formula is C29H28Cl2N6O3. The van der Waals surface area contributed by atoms with Crippen LogP contribution in [-0.4, -0.2) is 45.0 Å². The lowest BCUT2D eigenvalue weighted by molar-refractivity contribution is 0.0982. The Labute approximate surface area is 243 Å². The molecule has 2 N–H and O–H groups in total. The van der Waals surface area contributed by atoms with E-state index in [1.807, 2.05) is 35.2 Å². The van der Waals surface area contributed by atoms with Crippen LogP contribution in [0.2, 0.25) is 0 Å². The quantitative estimate of drug-likeness (QED) is 0.272. The summed E-state index contributed by atoms with van der Waals surface area (Å²) in [5.41, 5.74) is 4.85. The summed E-state index contributed by atoms with van der Waals surface area (Å²) in [7, 11) is 1.49. The number of H-pyrrole nitrogens is 1. The smallest absolute Gasteiger partial charge is 0.259 e. The molecule has 5 aromatic rings. The Hall–Kier alpha value is -4.34. The van der Waals surface area contributed by atoms with E-state index in [9.17, 15) is 9.59 Å². The second kappa shape index (κ2) is 12.2. The summed E-state index contributed by atoms with van der Waals surface area (Å²) in [6.07, 6.45) is 8.02. The van der Waals surface area contributed by atoms with E-state index in [0.717, 1.165) is 30.5 Å². The fourth-order valence-electron chi connectivity index (χ4n) is 4.89. The van der Waals surface area contributed by atoms with Crippen molar-refractivity contribution in [1.82, 2.24) is 19.5 Å². The van der Waals surface area contributed by atoms with E-state index in [2.05, 4.69) is 26.3 Å². The van der Waals surface area contributed by atoms with E-state index in [1.165, 1.54) is 12.7 Å². The zero-order chi connectivity index (χ0) is 26.1. The van der Waals surface area contributed by atoms with Crippen LogP contribution in [-0.2, 0) is 6.42 Å². The number of nitrogens with one attached hydrogen (secondary N) is 2. The van der Waals surface area contributed by atoms with Crippen molar-refractivity contribution in [2.75, 3.05) is 23.9 Å². The summed E-state index contributed by atoms with van der Waals surface area (Å²) in [5.74, 6) is 0.443. The van der Waals surface area contributed by atoms with Gasteiger partial charge in [-0.05, 0) is 61.2 Å². The molecule has 0 radical (unpaired) electrons. The van der Waals surface area contributed by atoms with E-state index in [1.54, 1.807) is 47.6 Å². The van der Waals surface area contributed by atoms with Gasteiger partial charge in [-0.15, -0.1) is 24.8 Å². The highest BCUT2D eigenvalue weighted by Gasteiger charge is 2.24. The summed E-state index contributed by atoms with van der Waals surface area (Å²) < 4.78 is 7.31. The van der Waals surface area contributed by atoms with Crippen LogP contribution in [0, 0.1) is 0 Å². The zero-order valence-electron chi connectivity index (χ0n) is 21.7. The van der Waals surface area contributed by atoms with E-state index < -0.39 is 0 Å². The third kappa shape index (κ3) is 5.38. The molecule has 3 heterocycles. The van der Waals surface area contributed by atoms with Gasteiger partial charge in [-0.2, -0.15) is 0 Å². The van der Waals surface area contributed by atoms with Gasteiger partial charge in [-0.3, -0.25) is 14.2 Å². The van der Waals surface area contributed by atoms with Gasteiger partial charge in [0.05, 0.1) is 23.9 Å². The molecule has 11 heteroatoms. The maximum absolute atomic E-state index is 13.6. The first-order chi connectivity index (χ1) is 18.6. The van der Waals surface area contributed by atoms with Gasteiger partial charge in [0.2, 0.25) is 5.95 Å². The van der Waals surface area contributed by atoms with Gasteiger partial charge in [0, 0.05) is 30.2 Å². The molecule has 2 amide bonds. The second-order valence-corrected chi connectivity index (χ2v) is 9.14. The molecule has 3 aromatic carbocycles. The molecule has 0 saturated heterocycles. The normalized spacial score (nSPS) is 12.5. The molecule has 1 aliphatic rings. The number of nitrogens with zero attached hydrogens (tertiary/aromatic N) is 4. The molecule has 40 heavy (non-hydrogen) atoms. The Kier molecular flexibility index (Phi) is 8.77. The van der Waals surface area contributed by atoms with Gasteiger partial charge in [-0.1, -0.05) is 24.3 Å². The van der Waals surface area contributed by atoms with Crippen LogP contribution in [0.4, 0.5) is 11.4 Å². The predicted molar refractivity (Wildman–Crippen MR) is 160 cm³/mol. The minimum absolute atomic E-state index is 0. The van der Waals surface area contributed by atoms with Gasteiger partial charge in [0.25, 0.3) is 11.8 Å². The van der Waals surface area contributed by atoms with Crippen molar-refractivity contribution in [1.29, 1.82) is 0 Å². The topological polar surface area (TPSA) is 105 Å². The lowest BCUT2D eigenvalue weighted by Gasteiger charge is -2.23. The van der Waals surface area contributed by atoms with Crippen molar-refractivity contribution in [2.24, 2.45) is 0 Å². The average Bonchev–Trinajstić information content (AvgIpc) is 3.59. The number of methoxy groups -OCH3 is 1. The number of ether oxygens (including phenoxy) is 1. The number of aromatic nitrogens is 4. The molecule has 1 aliphatic heterocycles. The van der Waals surface area contributed by atoms with Gasteiger partial charge in [-0.25, -0.2) is 9.97 Å². The highest BCUT2D eigenvalue weighted by molar-refractivity contribution is 6.11. The summed E-state index contributed by atoms with van der Waals surface area (Å²) in [6, 6.07) is 18.5. The molecule has 0 aliphatic carbocycles. The molecule has 206 valence electrons. The van der Waals surface area contributed by atoms with Crippen molar-refractivity contribution in [3.63, 3.8) is 0 Å². The number of para-hydroxylation sites is 2. The highest BCUT2D eigenvalue weighted by atomic mass is 35.5. The molecule has 0 spiro atoms. The predicted octanol–water partition coefficient (Wildman–Crippen LogP) is 5.84. The molecule has 0 fully saturated rings. The van der Waals surface area contributed by atoms with Crippen LogP contribution in [0.3, 0.4) is 0 Å². The molecule has 2 aromatic heterocycles. The van der Waals surface area contributed by atoms with E-state index in [-0.39, 0.29) is 36.6 Å². The number of amides is 2. The largest absolute Gasteiger partial charge is 0.496 e. The van der Waals surface area contributed by atoms with Crippen LogP contribution in [0.1, 0.15) is 39.1 Å². The number of benzene rings is 3. The fraction of sp³-hybridized carbons (Fsp3) is 0.172. The lowest BCUT2D eigenvalue weighted by atomic mass is 10.1. The summed E-state index contributed by atoms with van der Waals surface area (Å²) in [5, 5.41) is 2.95. The summed E-state index contributed by atoms with van der Waals surface area (Å²) >= 11 is 0. The number of carbonyl (C=O) groups excluding carboxylic acids is 2. The number of aryl methyl sites for hydroxylation is 1. The highest BCUT2D eigenvalue weighted by Crippen LogP contribution is 2.30. The van der Waals surface area contributed by atoms with E-state index in [4.69, 9.17) is 4.74 Å². The Balaban J connectivity index is 0.00000185. The lowest BCUT2D eigenvalue weighted by Crippen LogP contribution is -2.31. The second-order valence-electron chi connectivity index (χ2n) is 9.14. The van der Waals surface area contributed by atoms with Gasteiger partial charge in [0.1, 0.15) is 17.6 Å². The zero-order valence-corrected chi connectivity index (χ0v) is 23.3. The fourth-order valence-corrected chi connectivity index (χ4v) is 4.89. The van der Waals surface area contributed by atoms with Crippen molar-refractivity contribution in [2.45, 2.75) is 19.3 Å². The Morgan fingerprint density at radius 3 is 2.67 bits per heavy atom. The molecule has 9 nitrogen and oxygen atoms in total. The van der Waals surface area contributed by atoms with Crippen LogP contribution in [0.25, 0.3) is 17.0 Å². The Morgan fingerprint density at radius 2 is 1.88 bits per heavy atom. The average molecular weight is 579 g/mol. The monoisotopic (exact) mass is 578 g/mol. The third-order valence-corrected chi connectivity index (χ3v) is 6.80. The standard InChI is InChI=1S/C29H26N6O3.2ClH/c1-38-25-17-20(28(37)35-15-5-4-8-19-7-2-3-11-24(19)35)12-13-21(25)27(36)31-22-9-6-10-23-26(22)33-29(32-23)34-16-14-30-18-34;;/h2-3,6-7,9-14,16-18H,4-5,8,15H2,1H3,(H,31,36)(H,32,33);2*1H. The van der Waals surface area contributed by atoms with Crippen molar-refractivity contribution in [3.05, 3.63) is 96.1 Å². The number of aromatic amines is 1. The number of halogens is 2. The molecule has 6 rings (SSSR count). The maximum atomic E-state index is 13.6. The van der Waals surface area contributed by atoms with Crippen molar-refractivity contribution >= 4 is 59.0 Å². The van der Waals surface area contributed by atoms with Crippen LogP contribution in [0.15, 0.2) is 79.4 Å². The first-order valence-electron chi connectivity index (χ1n) is 12.5. The van der Waals surface area contributed by atoms with Crippen LogP contribution >= 0.6 is 24.8 Å². The van der Waals surface area contributed by atoms with E-state index in [0.29, 0.717) is 40.6 Å². The van der Waals surface area contributed by atoms with Crippen molar-refractivity contribution < 1.29 is 14.3 Å².